The summed E-state index contributed by atoms with van der Waals surface area (Å²) in [5.74, 6) is -3.47. The van der Waals surface area contributed by atoms with Crippen LogP contribution in [0.3, 0.4) is 0 Å². The van der Waals surface area contributed by atoms with E-state index in [1.807, 2.05) is 0 Å². The number of ether oxygens (including phenoxy) is 1. The molecule has 2 rings (SSSR count). The summed E-state index contributed by atoms with van der Waals surface area (Å²) in [7, 11) is 0. The number of nitrogens with one attached hydrogen (secondary N) is 2. The van der Waals surface area contributed by atoms with Gasteiger partial charge in [0.2, 0.25) is 11.7 Å². The molecule has 10 nitrogen and oxygen atoms in total. The van der Waals surface area contributed by atoms with E-state index < -0.39 is 47.4 Å². The highest BCUT2D eigenvalue weighted by atomic mass is 19.1. The van der Waals surface area contributed by atoms with E-state index in [1.165, 1.54) is 0 Å². The second kappa shape index (κ2) is 7.19. The smallest absolute Gasteiger partial charge is 0.330 e. The first kappa shape index (κ1) is 17.6. The number of rotatable bonds is 5. The first-order valence-electron chi connectivity index (χ1n) is 6.79. The van der Waals surface area contributed by atoms with Crippen molar-refractivity contribution in [1.82, 2.24) is 14.9 Å². The molecule has 1 fully saturated rings. The molecular formula is C13H13FN3O7-. The SMILES string of the molecule is O=C([O-])/C=C\C(=O)NC[C@H]1O[C@@H](n2cc(F)c(=O)[nH]c2=O)C[C@@H]1O. The zero-order valence-corrected chi connectivity index (χ0v) is 12.1. The number of nitrogens with zero attached hydrogens (tertiary/aromatic N) is 1. The number of aliphatic carboxylic acids is 1. The van der Waals surface area contributed by atoms with E-state index in [2.05, 4.69) is 5.32 Å². The van der Waals surface area contributed by atoms with Crippen molar-refractivity contribution in [3.8, 4) is 0 Å². The van der Waals surface area contributed by atoms with E-state index in [9.17, 15) is 33.8 Å². The lowest BCUT2D eigenvalue weighted by atomic mass is 10.2. The predicted molar refractivity (Wildman–Crippen MR) is 73.0 cm³/mol. The Kier molecular flexibility index (Phi) is 5.26. The Hall–Kier alpha value is -2.79. The quantitative estimate of drug-likeness (QED) is 0.475. The number of hydrogen-bond acceptors (Lipinski definition) is 7. The van der Waals surface area contributed by atoms with Crippen LogP contribution in [-0.2, 0) is 14.3 Å². The summed E-state index contributed by atoms with van der Waals surface area (Å²) in [6.07, 6.45) is -1.13. The van der Waals surface area contributed by atoms with E-state index in [0.717, 1.165) is 10.6 Å². The molecule has 2 heterocycles. The Bertz CT molecular complexity index is 785. The number of aromatic nitrogens is 2. The molecule has 1 amide bonds. The number of halogens is 1. The van der Waals surface area contributed by atoms with Gasteiger partial charge in [-0.25, -0.2) is 4.79 Å². The Morgan fingerprint density at radius 2 is 2.21 bits per heavy atom. The second-order valence-corrected chi connectivity index (χ2v) is 4.97. The number of aliphatic hydroxyl groups excluding tert-OH is 1. The molecule has 130 valence electrons. The van der Waals surface area contributed by atoms with Gasteiger partial charge in [0.1, 0.15) is 12.3 Å². The number of hydrogen-bond donors (Lipinski definition) is 3. The lowest BCUT2D eigenvalue weighted by Gasteiger charge is -2.16. The standard InChI is InChI=1S/C13H14FN3O7/c14-6-5-17(13(23)16-12(6)22)10-3-7(18)8(24-10)4-15-9(19)1-2-11(20)21/h1-2,5,7-8,10,18H,3-4H2,(H,15,19)(H,20,21)(H,16,22,23)/p-1/b2-1-/t7-,8+,10+/m0/s1. The fraction of sp³-hybridized carbons (Fsp3) is 0.385. The molecular weight excluding hydrogens is 329 g/mol. The summed E-state index contributed by atoms with van der Waals surface area (Å²) >= 11 is 0. The average molecular weight is 342 g/mol. The van der Waals surface area contributed by atoms with Gasteiger partial charge in [-0.05, 0) is 6.08 Å². The average Bonchev–Trinajstić information content (AvgIpc) is 2.87. The van der Waals surface area contributed by atoms with Gasteiger partial charge in [0, 0.05) is 19.0 Å². The van der Waals surface area contributed by atoms with Crippen molar-refractivity contribution in [2.24, 2.45) is 0 Å². The molecule has 3 N–H and O–H groups in total. The first-order valence-corrected chi connectivity index (χ1v) is 6.79. The van der Waals surface area contributed by atoms with Gasteiger partial charge in [0.05, 0.1) is 18.3 Å². The molecule has 1 aliphatic heterocycles. The second-order valence-electron chi connectivity index (χ2n) is 4.97. The predicted octanol–water partition coefficient (Wildman–Crippen LogP) is -3.25. The van der Waals surface area contributed by atoms with Gasteiger partial charge in [-0.15, -0.1) is 0 Å². The lowest BCUT2D eigenvalue weighted by Crippen LogP contribution is -2.37. The molecule has 0 unspecified atom stereocenters. The minimum absolute atomic E-state index is 0.0686. The van der Waals surface area contributed by atoms with Crippen molar-refractivity contribution in [3.05, 3.63) is 45.0 Å². The van der Waals surface area contributed by atoms with Gasteiger partial charge < -0.3 is 25.1 Å². The van der Waals surface area contributed by atoms with Crippen LogP contribution in [0.25, 0.3) is 0 Å². The van der Waals surface area contributed by atoms with Crippen LogP contribution in [0, 0.1) is 5.82 Å². The van der Waals surface area contributed by atoms with E-state index >= 15 is 0 Å². The number of carboxylic acids is 1. The topological polar surface area (TPSA) is 154 Å². The summed E-state index contributed by atoms with van der Waals surface area (Å²) in [6.45, 7) is -0.172. The maximum atomic E-state index is 13.3. The van der Waals surface area contributed by atoms with Crippen LogP contribution < -0.4 is 21.7 Å². The van der Waals surface area contributed by atoms with Gasteiger partial charge in [0.25, 0.3) is 5.56 Å². The highest BCUT2D eigenvalue weighted by Crippen LogP contribution is 2.27. The number of aromatic amines is 1. The highest BCUT2D eigenvalue weighted by molar-refractivity contribution is 5.93. The monoisotopic (exact) mass is 342 g/mol. The van der Waals surface area contributed by atoms with E-state index in [1.54, 1.807) is 4.98 Å². The fourth-order valence-corrected chi connectivity index (χ4v) is 2.15. The van der Waals surface area contributed by atoms with Gasteiger partial charge in [-0.1, -0.05) is 0 Å². The Balaban J connectivity index is 2.01. The minimum Gasteiger partial charge on any atom is -0.545 e. The van der Waals surface area contributed by atoms with Gasteiger partial charge in [0.15, 0.2) is 0 Å². The molecule has 1 aromatic rings. The van der Waals surface area contributed by atoms with Crippen LogP contribution in [0.2, 0.25) is 0 Å². The van der Waals surface area contributed by atoms with Crippen LogP contribution >= 0.6 is 0 Å². The number of amides is 1. The van der Waals surface area contributed by atoms with Crippen LogP contribution in [0.15, 0.2) is 27.9 Å². The number of carbonyl (C=O) groups excluding carboxylic acids is 2. The molecule has 3 atom stereocenters. The molecule has 0 saturated carbocycles. The van der Waals surface area contributed by atoms with Gasteiger partial charge in [-0.3, -0.25) is 19.1 Å². The lowest BCUT2D eigenvalue weighted by molar-refractivity contribution is -0.297. The number of carboxylic acid groups (broad SMARTS) is 1. The number of carbonyl (C=O) groups is 2. The molecule has 0 spiro atoms. The third kappa shape index (κ3) is 4.14. The van der Waals surface area contributed by atoms with Crippen LogP contribution in [0.1, 0.15) is 12.6 Å². The highest BCUT2D eigenvalue weighted by Gasteiger charge is 2.35. The molecule has 1 saturated heterocycles. The Labute approximate surface area is 133 Å². The zero-order valence-electron chi connectivity index (χ0n) is 12.1. The summed E-state index contributed by atoms with van der Waals surface area (Å²) in [5.41, 5.74) is -2.07. The van der Waals surface area contributed by atoms with E-state index in [-0.39, 0.29) is 13.0 Å². The third-order valence-electron chi connectivity index (χ3n) is 3.29. The van der Waals surface area contributed by atoms with Crippen molar-refractivity contribution < 1.29 is 28.9 Å². The number of aliphatic hydroxyl groups is 1. The molecule has 0 bridgehead atoms. The Morgan fingerprint density at radius 1 is 1.50 bits per heavy atom. The van der Waals surface area contributed by atoms with Crippen LogP contribution in [0.5, 0.6) is 0 Å². The van der Waals surface area contributed by atoms with Gasteiger partial charge in [-0.2, -0.15) is 4.39 Å². The fourth-order valence-electron chi connectivity index (χ4n) is 2.15. The van der Waals surface area contributed by atoms with Crippen molar-refractivity contribution >= 4 is 11.9 Å². The molecule has 0 aromatic carbocycles. The minimum atomic E-state index is -1.54. The summed E-state index contributed by atoms with van der Waals surface area (Å²) in [4.78, 5) is 45.9. The van der Waals surface area contributed by atoms with Crippen molar-refractivity contribution in [3.63, 3.8) is 0 Å². The van der Waals surface area contributed by atoms with E-state index in [4.69, 9.17) is 4.74 Å². The third-order valence-corrected chi connectivity index (χ3v) is 3.29. The molecule has 1 aromatic heterocycles. The van der Waals surface area contributed by atoms with Crippen molar-refractivity contribution in [1.29, 1.82) is 0 Å². The molecule has 24 heavy (non-hydrogen) atoms. The Morgan fingerprint density at radius 3 is 2.88 bits per heavy atom. The molecule has 0 aliphatic carbocycles. The maximum absolute atomic E-state index is 13.3. The van der Waals surface area contributed by atoms with Crippen molar-refractivity contribution in [2.45, 2.75) is 24.9 Å². The molecule has 1 aliphatic rings. The van der Waals surface area contributed by atoms with Crippen LogP contribution in [0.4, 0.5) is 4.39 Å². The maximum Gasteiger partial charge on any atom is 0.330 e. The zero-order chi connectivity index (χ0) is 17.9. The van der Waals surface area contributed by atoms with Crippen molar-refractivity contribution in [2.75, 3.05) is 6.54 Å². The summed E-state index contributed by atoms with van der Waals surface area (Å²) in [6, 6.07) is 0. The van der Waals surface area contributed by atoms with Crippen LogP contribution in [-0.4, -0.2) is 45.3 Å². The summed E-state index contributed by atoms with van der Waals surface area (Å²) in [5, 5.41) is 22.4. The normalized spacial score (nSPS) is 23.5. The molecule has 0 radical (unpaired) electrons. The largest absolute Gasteiger partial charge is 0.545 e. The van der Waals surface area contributed by atoms with E-state index in [0.29, 0.717) is 12.3 Å². The summed E-state index contributed by atoms with van der Waals surface area (Å²) < 4.78 is 19.4. The first-order chi connectivity index (χ1) is 11.3. The molecule has 11 heteroatoms. The van der Waals surface area contributed by atoms with Gasteiger partial charge >= 0.3 is 5.69 Å². The number of H-pyrrole nitrogens is 1.